The van der Waals surface area contributed by atoms with E-state index in [1.165, 1.54) is 11.8 Å². The second-order valence-corrected chi connectivity index (χ2v) is 7.51. The predicted molar refractivity (Wildman–Crippen MR) is 101 cm³/mol. The number of nitrogens with one attached hydrogen (secondary N) is 1. The Morgan fingerprint density at radius 1 is 1.28 bits per heavy atom. The lowest BCUT2D eigenvalue weighted by atomic mass is 10.0. The molecule has 1 amide bonds. The molecule has 0 unspecified atom stereocenters. The van der Waals surface area contributed by atoms with Crippen LogP contribution in [-0.2, 0) is 4.79 Å². The fourth-order valence-corrected chi connectivity index (χ4v) is 3.90. The summed E-state index contributed by atoms with van der Waals surface area (Å²) in [6.45, 7) is 5.78. The Morgan fingerprint density at radius 3 is 2.68 bits per heavy atom. The van der Waals surface area contributed by atoms with Crippen molar-refractivity contribution in [3.05, 3.63) is 36.7 Å². The highest BCUT2D eigenvalue weighted by Crippen LogP contribution is 2.21. The van der Waals surface area contributed by atoms with E-state index in [-0.39, 0.29) is 5.91 Å². The molecule has 1 aromatic heterocycles. The molecule has 3 rings (SSSR count). The van der Waals surface area contributed by atoms with Crippen molar-refractivity contribution in [1.82, 2.24) is 19.7 Å². The van der Waals surface area contributed by atoms with E-state index in [2.05, 4.69) is 41.5 Å². The molecule has 0 spiro atoms. The third-order valence-electron chi connectivity index (χ3n) is 4.41. The van der Waals surface area contributed by atoms with Gasteiger partial charge in [0.05, 0.1) is 5.75 Å². The largest absolute Gasteiger partial charge is 0.382 e. The summed E-state index contributed by atoms with van der Waals surface area (Å²) in [5.41, 5.74) is 1.15. The Morgan fingerprint density at radius 2 is 2.00 bits per heavy atom. The van der Waals surface area contributed by atoms with Crippen molar-refractivity contribution in [2.75, 3.05) is 24.2 Å². The van der Waals surface area contributed by atoms with E-state index >= 15 is 0 Å². The lowest BCUT2D eigenvalue weighted by Gasteiger charge is -2.33. The van der Waals surface area contributed by atoms with Gasteiger partial charge in [0.25, 0.3) is 0 Å². The molecule has 2 heterocycles. The minimum absolute atomic E-state index is 0.182. The monoisotopic (exact) mass is 359 g/mol. The van der Waals surface area contributed by atoms with Gasteiger partial charge in [0.2, 0.25) is 5.91 Å². The number of anilines is 1. The summed E-state index contributed by atoms with van der Waals surface area (Å²) in [5, 5.41) is 12.4. The van der Waals surface area contributed by atoms with Gasteiger partial charge in [-0.2, -0.15) is 0 Å². The summed E-state index contributed by atoms with van der Waals surface area (Å²) in [6, 6.07) is 11.0. The van der Waals surface area contributed by atoms with E-state index < -0.39 is 0 Å². The maximum Gasteiger partial charge on any atom is 0.233 e. The Balaban J connectivity index is 1.44. The smallest absolute Gasteiger partial charge is 0.233 e. The molecule has 0 aliphatic carbocycles. The average molecular weight is 359 g/mol. The number of aromatic nitrogens is 3. The number of carbonyl (C=O) groups is 1. The van der Waals surface area contributed by atoms with Gasteiger partial charge in [-0.15, -0.1) is 10.2 Å². The zero-order valence-electron chi connectivity index (χ0n) is 14.8. The third kappa shape index (κ3) is 4.75. The highest BCUT2D eigenvalue weighted by Gasteiger charge is 2.23. The Labute approximate surface area is 153 Å². The van der Waals surface area contributed by atoms with Crippen molar-refractivity contribution in [3.8, 4) is 0 Å². The van der Waals surface area contributed by atoms with E-state index in [0.29, 0.717) is 17.8 Å². The number of thioether (sulfide) groups is 1. The number of para-hydroxylation sites is 1. The van der Waals surface area contributed by atoms with Gasteiger partial charge in [0.15, 0.2) is 5.16 Å². The van der Waals surface area contributed by atoms with Gasteiger partial charge in [-0.1, -0.05) is 30.0 Å². The van der Waals surface area contributed by atoms with Crippen molar-refractivity contribution >= 4 is 23.4 Å². The number of amides is 1. The van der Waals surface area contributed by atoms with E-state index in [9.17, 15) is 4.79 Å². The Kier molecular flexibility index (Phi) is 5.96. The molecule has 1 fully saturated rings. The van der Waals surface area contributed by atoms with E-state index in [0.717, 1.165) is 36.8 Å². The van der Waals surface area contributed by atoms with Crippen molar-refractivity contribution in [2.45, 2.75) is 43.9 Å². The molecule has 0 saturated carbocycles. The lowest BCUT2D eigenvalue weighted by molar-refractivity contribution is -0.129. The zero-order chi connectivity index (χ0) is 17.6. The summed E-state index contributed by atoms with van der Waals surface area (Å²) in [6.07, 6.45) is 3.68. The van der Waals surface area contributed by atoms with Gasteiger partial charge in [-0.05, 0) is 38.8 Å². The predicted octanol–water partition coefficient (Wildman–Crippen LogP) is 3.05. The molecule has 1 saturated heterocycles. The van der Waals surface area contributed by atoms with Crippen LogP contribution in [0.25, 0.3) is 0 Å². The first-order valence-electron chi connectivity index (χ1n) is 8.75. The number of benzene rings is 1. The minimum Gasteiger partial charge on any atom is -0.382 e. The number of nitrogens with zero attached hydrogens (tertiary/aromatic N) is 4. The van der Waals surface area contributed by atoms with Crippen LogP contribution in [0.1, 0.15) is 32.7 Å². The summed E-state index contributed by atoms with van der Waals surface area (Å²) in [5.74, 6) is 0.601. The summed E-state index contributed by atoms with van der Waals surface area (Å²) >= 11 is 1.47. The maximum atomic E-state index is 12.5. The van der Waals surface area contributed by atoms with Crippen LogP contribution in [-0.4, -0.2) is 50.5 Å². The highest BCUT2D eigenvalue weighted by atomic mass is 32.2. The second-order valence-electron chi connectivity index (χ2n) is 6.57. The number of rotatable bonds is 6. The molecular weight excluding hydrogens is 334 g/mol. The standard InChI is InChI=1S/C18H25N5OS/c1-14(2)23-13-19-21-18(23)25-12-17(24)22-10-8-16(9-11-22)20-15-6-4-3-5-7-15/h3-7,13-14,16,20H,8-12H2,1-2H3. The van der Waals surface area contributed by atoms with Gasteiger partial charge < -0.3 is 14.8 Å². The third-order valence-corrected chi connectivity index (χ3v) is 5.36. The molecule has 1 aromatic carbocycles. The van der Waals surface area contributed by atoms with Crippen LogP contribution in [0.3, 0.4) is 0 Å². The van der Waals surface area contributed by atoms with Crippen LogP contribution in [0.15, 0.2) is 41.8 Å². The van der Waals surface area contributed by atoms with Gasteiger partial charge >= 0.3 is 0 Å². The van der Waals surface area contributed by atoms with E-state index in [1.54, 1.807) is 6.33 Å². The van der Waals surface area contributed by atoms with Crippen molar-refractivity contribution < 1.29 is 4.79 Å². The fourth-order valence-electron chi connectivity index (χ4n) is 2.95. The lowest BCUT2D eigenvalue weighted by Crippen LogP contribution is -2.43. The van der Waals surface area contributed by atoms with Crippen molar-refractivity contribution in [3.63, 3.8) is 0 Å². The fraction of sp³-hybridized carbons (Fsp3) is 0.500. The van der Waals surface area contributed by atoms with Gasteiger partial charge in [0.1, 0.15) is 6.33 Å². The molecule has 25 heavy (non-hydrogen) atoms. The summed E-state index contributed by atoms with van der Waals surface area (Å²) in [4.78, 5) is 14.4. The zero-order valence-corrected chi connectivity index (χ0v) is 15.6. The molecule has 134 valence electrons. The molecule has 6 nitrogen and oxygen atoms in total. The minimum atomic E-state index is 0.182. The summed E-state index contributed by atoms with van der Waals surface area (Å²) < 4.78 is 1.99. The SMILES string of the molecule is CC(C)n1cnnc1SCC(=O)N1CCC(Nc2ccccc2)CC1. The highest BCUT2D eigenvalue weighted by molar-refractivity contribution is 7.99. The molecule has 1 N–H and O–H groups in total. The molecule has 2 aromatic rings. The topological polar surface area (TPSA) is 63.1 Å². The molecule has 7 heteroatoms. The van der Waals surface area contributed by atoms with Crippen LogP contribution >= 0.6 is 11.8 Å². The Hall–Kier alpha value is -2.02. The van der Waals surface area contributed by atoms with Gasteiger partial charge in [0, 0.05) is 30.9 Å². The molecule has 0 atom stereocenters. The first kappa shape index (κ1) is 17.8. The molecular formula is C18H25N5OS. The number of carbonyl (C=O) groups excluding carboxylic acids is 1. The first-order chi connectivity index (χ1) is 12.1. The normalized spacial score (nSPS) is 15.6. The molecule has 1 aliphatic heterocycles. The number of likely N-dealkylation sites (tertiary alicyclic amines) is 1. The van der Waals surface area contributed by atoms with Crippen molar-refractivity contribution in [1.29, 1.82) is 0 Å². The molecule has 1 aliphatic rings. The van der Waals surface area contributed by atoms with Crippen molar-refractivity contribution in [2.24, 2.45) is 0 Å². The van der Waals surface area contributed by atoms with Gasteiger partial charge in [-0.3, -0.25) is 4.79 Å². The van der Waals surface area contributed by atoms with Crippen LogP contribution < -0.4 is 5.32 Å². The molecule has 0 bridgehead atoms. The first-order valence-corrected chi connectivity index (χ1v) is 9.73. The maximum absolute atomic E-state index is 12.5. The quantitative estimate of drug-likeness (QED) is 0.803. The number of hydrogen-bond acceptors (Lipinski definition) is 5. The molecule has 0 radical (unpaired) electrons. The van der Waals surface area contributed by atoms with Crippen LogP contribution in [0.5, 0.6) is 0 Å². The van der Waals surface area contributed by atoms with Crippen LogP contribution in [0.2, 0.25) is 0 Å². The number of piperidine rings is 1. The van der Waals surface area contributed by atoms with E-state index in [1.807, 2.05) is 27.7 Å². The van der Waals surface area contributed by atoms with Crippen LogP contribution in [0.4, 0.5) is 5.69 Å². The Bertz CT molecular complexity index is 680. The average Bonchev–Trinajstić information content (AvgIpc) is 3.10. The van der Waals surface area contributed by atoms with Gasteiger partial charge in [-0.25, -0.2) is 0 Å². The summed E-state index contributed by atoms with van der Waals surface area (Å²) in [7, 11) is 0. The van der Waals surface area contributed by atoms with E-state index in [4.69, 9.17) is 0 Å². The second kappa shape index (κ2) is 8.38. The number of hydrogen-bond donors (Lipinski definition) is 1. The van der Waals surface area contributed by atoms with Crippen LogP contribution in [0, 0.1) is 0 Å².